The summed E-state index contributed by atoms with van der Waals surface area (Å²) in [5.41, 5.74) is 0. The number of allylic oxidation sites excluding steroid dienone is 6. The molecule has 0 aromatic rings. The zero-order chi connectivity index (χ0) is 20.1. The molecule has 0 saturated heterocycles. The zero-order valence-corrected chi connectivity index (χ0v) is 16.0. The first-order chi connectivity index (χ1) is 13.0. The maximum atomic E-state index is 12.1. The minimum atomic E-state index is -0.804. The first kappa shape index (κ1) is 23.1. The normalized spacial score (nSPS) is 24.9. The van der Waals surface area contributed by atoms with Gasteiger partial charge in [-0.1, -0.05) is 55.5 Å². The molecular formula is C22H32O5. The first-order valence-electron chi connectivity index (χ1n) is 9.69. The number of rotatable bonds is 12. The van der Waals surface area contributed by atoms with Crippen molar-refractivity contribution in [2.24, 2.45) is 11.8 Å². The molecule has 1 fully saturated rings. The second-order valence-electron chi connectivity index (χ2n) is 6.84. The SMILES string of the molecule is CC/C=C\C[C@@H]1[C@H](O)CC(=O)[C@@H]1/C=C/[C@@H](O)C/C=C\C/C=C\CCC(=O)O. The minimum absolute atomic E-state index is 0.0305. The number of ketones is 1. The Morgan fingerprint density at radius 1 is 1.19 bits per heavy atom. The third-order valence-electron chi connectivity index (χ3n) is 4.60. The molecule has 0 amide bonds. The monoisotopic (exact) mass is 376 g/mol. The van der Waals surface area contributed by atoms with Crippen molar-refractivity contribution >= 4 is 11.8 Å². The summed E-state index contributed by atoms with van der Waals surface area (Å²) in [6, 6.07) is 0. The summed E-state index contributed by atoms with van der Waals surface area (Å²) in [7, 11) is 0. The highest BCUT2D eigenvalue weighted by atomic mass is 16.4. The van der Waals surface area contributed by atoms with Crippen molar-refractivity contribution in [3.63, 3.8) is 0 Å². The molecule has 1 aliphatic rings. The van der Waals surface area contributed by atoms with Crippen LogP contribution in [-0.2, 0) is 9.59 Å². The van der Waals surface area contributed by atoms with Gasteiger partial charge in [0.25, 0.3) is 0 Å². The van der Waals surface area contributed by atoms with E-state index < -0.39 is 18.2 Å². The van der Waals surface area contributed by atoms with Crippen LogP contribution in [0.5, 0.6) is 0 Å². The molecule has 0 radical (unpaired) electrons. The number of carbonyl (C=O) groups excluding carboxylic acids is 1. The van der Waals surface area contributed by atoms with Gasteiger partial charge in [-0.05, 0) is 32.1 Å². The van der Waals surface area contributed by atoms with Crippen molar-refractivity contribution in [2.45, 2.75) is 64.1 Å². The van der Waals surface area contributed by atoms with Crippen LogP contribution in [0.4, 0.5) is 0 Å². The van der Waals surface area contributed by atoms with E-state index in [1.807, 2.05) is 43.4 Å². The Morgan fingerprint density at radius 3 is 2.63 bits per heavy atom. The number of aliphatic carboxylic acids is 1. The van der Waals surface area contributed by atoms with Gasteiger partial charge in [-0.25, -0.2) is 0 Å². The largest absolute Gasteiger partial charge is 0.481 e. The van der Waals surface area contributed by atoms with Crippen LogP contribution < -0.4 is 0 Å². The second kappa shape index (κ2) is 13.2. The quantitative estimate of drug-likeness (QED) is 0.453. The number of aliphatic hydroxyl groups excluding tert-OH is 2. The molecule has 4 atom stereocenters. The average Bonchev–Trinajstić information content (AvgIpc) is 2.88. The van der Waals surface area contributed by atoms with Crippen LogP contribution in [0.3, 0.4) is 0 Å². The molecule has 0 bridgehead atoms. The van der Waals surface area contributed by atoms with Crippen molar-refractivity contribution in [1.82, 2.24) is 0 Å². The Hall–Kier alpha value is -1.98. The van der Waals surface area contributed by atoms with Crippen molar-refractivity contribution < 1.29 is 24.9 Å². The van der Waals surface area contributed by atoms with Crippen molar-refractivity contribution in [3.8, 4) is 0 Å². The van der Waals surface area contributed by atoms with Gasteiger partial charge in [0, 0.05) is 24.7 Å². The fraction of sp³-hybridized carbons (Fsp3) is 0.545. The van der Waals surface area contributed by atoms with Gasteiger partial charge in [0.2, 0.25) is 0 Å². The third-order valence-corrected chi connectivity index (χ3v) is 4.60. The predicted molar refractivity (Wildman–Crippen MR) is 106 cm³/mol. The number of Topliss-reactive ketones (excluding diaryl/α,β-unsaturated/α-hetero) is 1. The molecule has 1 rings (SSSR count). The number of hydrogen-bond acceptors (Lipinski definition) is 4. The van der Waals surface area contributed by atoms with Crippen LogP contribution in [0.15, 0.2) is 48.6 Å². The molecular weight excluding hydrogens is 344 g/mol. The van der Waals surface area contributed by atoms with E-state index in [1.165, 1.54) is 0 Å². The van der Waals surface area contributed by atoms with Crippen molar-refractivity contribution in [2.75, 3.05) is 0 Å². The number of carboxylic acids is 1. The van der Waals surface area contributed by atoms with E-state index in [0.29, 0.717) is 25.7 Å². The van der Waals surface area contributed by atoms with E-state index in [4.69, 9.17) is 5.11 Å². The molecule has 27 heavy (non-hydrogen) atoms. The molecule has 0 aromatic heterocycles. The van der Waals surface area contributed by atoms with Crippen molar-refractivity contribution in [3.05, 3.63) is 48.6 Å². The van der Waals surface area contributed by atoms with Crippen LogP contribution in [0.1, 0.15) is 51.9 Å². The third kappa shape index (κ3) is 9.50. The maximum Gasteiger partial charge on any atom is 0.303 e. The summed E-state index contributed by atoms with van der Waals surface area (Å²) < 4.78 is 0. The van der Waals surface area contributed by atoms with E-state index in [1.54, 1.807) is 12.2 Å². The lowest BCUT2D eigenvalue weighted by Gasteiger charge is -2.16. The molecule has 5 heteroatoms. The number of carbonyl (C=O) groups is 2. The number of aliphatic hydroxyl groups is 2. The van der Waals surface area contributed by atoms with Crippen LogP contribution in [0, 0.1) is 11.8 Å². The fourth-order valence-electron chi connectivity index (χ4n) is 3.10. The zero-order valence-electron chi connectivity index (χ0n) is 16.0. The van der Waals surface area contributed by atoms with Crippen LogP contribution in [0.25, 0.3) is 0 Å². The van der Waals surface area contributed by atoms with Gasteiger partial charge in [0.15, 0.2) is 0 Å². The van der Waals surface area contributed by atoms with Crippen LogP contribution >= 0.6 is 0 Å². The standard InChI is InChI=1S/C22H32O5/c1-2-3-8-12-18-19(21(25)16-20(18)24)15-14-17(23)11-9-6-4-5-7-10-13-22(26)27/h3,5-9,14-15,17-20,23-24H,2,4,10-13,16H2,1H3,(H,26,27)/b7-5-,8-3-,9-6-,15-14+/t17-,18-,19+,20+/m0/s1. The summed E-state index contributed by atoms with van der Waals surface area (Å²) in [6.07, 6.45) is 17.2. The molecule has 0 heterocycles. The van der Waals surface area contributed by atoms with E-state index in [2.05, 4.69) is 0 Å². The summed E-state index contributed by atoms with van der Waals surface area (Å²) in [5, 5.41) is 28.7. The number of carboxylic acid groups (broad SMARTS) is 1. The molecule has 5 nitrogen and oxygen atoms in total. The highest BCUT2D eigenvalue weighted by Gasteiger charge is 2.39. The lowest BCUT2D eigenvalue weighted by Crippen LogP contribution is -2.19. The summed E-state index contributed by atoms with van der Waals surface area (Å²) in [5.74, 6) is -1.22. The molecule has 0 spiro atoms. The van der Waals surface area contributed by atoms with E-state index in [-0.39, 0.29) is 30.5 Å². The Balaban J connectivity index is 2.40. The van der Waals surface area contributed by atoms with Crippen molar-refractivity contribution in [1.29, 1.82) is 0 Å². The topological polar surface area (TPSA) is 94.8 Å². The summed E-state index contributed by atoms with van der Waals surface area (Å²) in [4.78, 5) is 22.5. The Labute approximate surface area is 161 Å². The molecule has 1 aliphatic carbocycles. The Kier molecular flexibility index (Phi) is 11.3. The maximum absolute atomic E-state index is 12.1. The van der Waals surface area contributed by atoms with Gasteiger partial charge in [-0.3, -0.25) is 9.59 Å². The van der Waals surface area contributed by atoms with E-state index in [9.17, 15) is 19.8 Å². The molecule has 0 aromatic carbocycles. The van der Waals surface area contributed by atoms with Crippen LogP contribution in [0.2, 0.25) is 0 Å². The Morgan fingerprint density at radius 2 is 1.93 bits per heavy atom. The predicted octanol–water partition coefficient (Wildman–Crippen LogP) is 3.58. The molecule has 0 aliphatic heterocycles. The lowest BCUT2D eigenvalue weighted by molar-refractivity contribution is -0.136. The van der Waals surface area contributed by atoms with Crippen LogP contribution in [-0.4, -0.2) is 39.3 Å². The summed E-state index contributed by atoms with van der Waals surface area (Å²) in [6.45, 7) is 2.04. The lowest BCUT2D eigenvalue weighted by atomic mass is 9.90. The average molecular weight is 376 g/mol. The smallest absolute Gasteiger partial charge is 0.303 e. The molecule has 3 N–H and O–H groups in total. The van der Waals surface area contributed by atoms with Gasteiger partial charge < -0.3 is 15.3 Å². The van der Waals surface area contributed by atoms with E-state index >= 15 is 0 Å². The molecule has 1 saturated carbocycles. The second-order valence-corrected chi connectivity index (χ2v) is 6.84. The van der Waals surface area contributed by atoms with Gasteiger partial charge in [-0.15, -0.1) is 0 Å². The van der Waals surface area contributed by atoms with Gasteiger partial charge in [0.1, 0.15) is 5.78 Å². The molecule has 150 valence electrons. The highest BCUT2D eigenvalue weighted by molar-refractivity contribution is 5.86. The van der Waals surface area contributed by atoms with E-state index in [0.717, 1.165) is 6.42 Å². The minimum Gasteiger partial charge on any atom is -0.481 e. The highest BCUT2D eigenvalue weighted by Crippen LogP contribution is 2.33. The van der Waals surface area contributed by atoms with Gasteiger partial charge in [0.05, 0.1) is 12.2 Å². The fourth-order valence-corrected chi connectivity index (χ4v) is 3.10. The molecule has 0 unspecified atom stereocenters. The van der Waals surface area contributed by atoms with Gasteiger partial charge >= 0.3 is 5.97 Å². The Bertz CT molecular complexity index is 573. The number of hydrogen-bond donors (Lipinski definition) is 3. The van der Waals surface area contributed by atoms with Gasteiger partial charge in [-0.2, -0.15) is 0 Å². The summed E-state index contributed by atoms with van der Waals surface area (Å²) >= 11 is 0. The first-order valence-corrected chi connectivity index (χ1v) is 9.69.